The fraction of sp³-hybridized carbons (Fsp3) is 0.333. The second kappa shape index (κ2) is 6.15. The first-order valence-electron chi connectivity index (χ1n) is 6.91. The molecular weight excluding hydrogens is 379 g/mol. The van der Waals surface area contributed by atoms with Crippen molar-refractivity contribution < 1.29 is 4.79 Å². The van der Waals surface area contributed by atoms with Crippen LogP contribution in [0.4, 0.5) is 0 Å². The molecule has 1 aromatic heterocycles. The minimum Gasteiger partial charge on any atom is -0.336 e. The molecule has 1 aromatic carbocycles. The molecule has 1 atom stereocenters. The van der Waals surface area contributed by atoms with Gasteiger partial charge in [-0.1, -0.05) is 6.07 Å². The number of aryl methyl sites for hydroxylation is 1. The van der Waals surface area contributed by atoms with Crippen molar-refractivity contribution >= 4 is 28.5 Å². The van der Waals surface area contributed by atoms with Crippen LogP contribution in [0.15, 0.2) is 36.7 Å². The molecule has 0 spiro atoms. The molecular formula is C15H17IN4O. The maximum absolute atomic E-state index is 12.8. The van der Waals surface area contributed by atoms with Crippen molar-refractivity contribution in [1.29, 1.82) is 0 Å². The highest BCUT2D eigenvalue weighted by molar-refractivity contribution is 14.1. The lowest BCUT2D eigenvalue weighted by atomic mass is 10.1. The van der Waals surface area contributed by atoms with E-state index >= 15 is 0 Å². The molecule has 1 unspecified atom stereocenters. The van der Waals surface area contributed by atoms with Gasteiger partial charge in [-0.25, -0.2) is 4.98 Å². The number of nitrogens with one attached hydrogen (secondary N) is 1. The molecule has 0 aliphatic carbocycles. The number of piperazine rings is 1. The van der Waals surface area contributed by atoms with Crippen LogP contribution >= 0.6 is 22.6 Å². The van der Waals surface area contributed by atoms with Gasteiger partial charge in [-0.2, -0.15) is 0 Å². The zero-order chi connectivity index (χ0) is 14.8. The van der Waals surface area contributed by atoms with Crippen molar-refractivity contribution in [3.05, 3.63) is 51.6 Å². The maximum Gasteiger partial charge on any atom is 0.254 e. The molecule has 1 saturated heterocycles. The predicted molar refractivity (Wildman–Crippen MR) is 89.0 cm³/mol. The van der Waals surface area contributed by atoms with E-state index in [0.29, 0.717) is 6.54 Å². The van der Waals surface area contributed by atoms with Crippen LogP contribution in [-0.4, -0.2) is 40.0 Å². The standard InChI is InChI=1S/C15H17IN4O/c1-19-7-6-18-14(19)13-10-17-5-8-20(13)15(21)11-3-2-4-12(16)9-11/h2-4,6-7,9,13,17H,5,8,10H2,1H3. The Balaban J connectivity index is 1.91. The molecule has 110 valence electrons. The Labute approximate surface area is 137 Å². The Morgan fingerprint density at radius 2 is 2.33 bits per heavy atom. The van der Waals surface area contributed by atoms with Gasteiger partial charge in [0.05, 0.1) is 0 Å². The first-order valence-corrected chi connectivity index (χ1v) is 7.99. The van der Waals surface area contributed by atoms with Gasteiger partial charge >= 0.3 is 0 Å². The van der Waals surface area contributed by atoms with Crippen LogP contribution in [-0.2, 0) is 7.05 Å². The van der Waals surface area contributed by atoms with Crippen molar-refractivity contribution in [2.24, 2.45) is 7.05 Å². The molecule has 0 bridgehead atoms. The maximum atomic E-state index is 12.8. The number of aromatic nitrogens is 2. The van der Waals surface area contributed by atoms with Crippen molar-refractivity contribution in [3.8, 4) is 0 Å². The highest BCUT2D eigenvalue weighted by Crippen LogP contribution is 2.23. The lowest BCUT2D eigenvalue weighted by molar-refractivity contribution is 0.0621. The molecule has 1 N–H and O–H groups in total. The first-order chi connectivity index (χ1) is 10.2. The quantitative estimate of drug-likeness (QED) is 0.788. The third-order valence-corrected chi connectivity index (χ3v) is 4.40. The van der Waals surface area contributed by atoms with Gasteiger partial charge in [0.1, 0.15) is 11.9 Å². The number of hydrogen-bond donors (Lipinski definition) is 1. The van der Waals surface area contributed by atoms with E-state index in [-0.39, 0.29) is 11.9 Å². The normalized spacial score (nSPS) is 18.8. The number of hydrogen-bond acceptors (Lipinski definition) is 3. The van der Waals surface area contributed by atoms with Crippen molar-refractivity contribution in [2.75, 3.05) is 19.6 Å². The van der Waals surface area contributed by atoms with Gasteiger partial charge in [-0.3, -0.25) is 4.79 Å². The molecule has 3 rings (SSSR count). The van der Waals surface area contributed by atoms with Gasteiger partial charge < -0.3 is 14.8 Å². The molecule has 2 heterocycles. The zero-order valence-corrected chi connectivity index (χ0v) is 13.9. The Hall–Kier alpha value is -1.41. The summed E-state index contributed by atoms with van der Waals surface area (Å²) < 4.78 is 3.05. The SMILES string of the molecule is Cn1ccnc1C1CNCCN1C(=O)c1cccc(I)c1. The Bertz CT molecular complexity index is 655. The number of benzene rings is 1. The summed E-state index contributed by atoms with van der Waals surface area (Å²) in [5.41, 5.74) is 0.739. The van der Waals surface area contributed by atoms with Gasteiger partial charge in [0, 0.05) is 48.2 Å². The van der Waals surface area contributed by atoms with E-state index in [4.69, 9.17) is 0 Å². The van der Waals surface area contributed by atoms with E-state index < -0.39 is 0 Å². The lowest BCUT2D eigenvalue weighted by Gasteiger charge is -2.35. The lowest BCUT2D eigenvalue weighted by Crippen LogP contribution is -2.49. The van der Waals surface area contributed by atoms with Crippen LogP contribution in [0.1, 0.15) is 22.2 Å². The Morgan fingerprint density at radius 1 is 1.48 bits per heavy atom. The van der Waals surface area contributed by atoms with Crippen molar-refractivity contribution in [3.63, 3.8) is 0 Å². The number of rotatable bonds is 2. The van der Waals surface area contributed by atoms with Gasteiger partial charge in [0.15, 0.2) is 0 Å². The van der Waals surface area contributed by atoms with Gasteiger partial charge in [-0.05, 0) is 40.8 Å². The third kappa shape index (κ3) is 2.96. The summed E-state index contributed by atoms with van der Waals surface area (Å²) in [6.45, 7) is 2.25. The molecule has 2 aromatic rings. The van der Waals surface area contributed by atoms with Crippen LogP contribution in [0, 0.1) is 3.57 Å². The second-order valence-corrected chi connectivity index (χ2v) is 6.37. The molecule has 1 fully saturated rings. The average Bonchev–Trinajstić information content (AvgIpc) is 2.92. The van der Waals surface area contributed by atoms with Crippen LogP contribution in [0.25, 0.3) is 0 Å². The zero-order valence-electron chi connectivity index (χ0n) is 11.8. The van der Waals surface area contributed by atoms with Gasteiger partial charge in [0.25, 0.3) is 5.91 Å². The Kier molecular flexibility index (Phi) is 4.25. The van der Waals surface area contributed by atoms with Crippen LogP contribution in [0.3, 0.4) is 0 Å². The summed E-state index contributed by atoms with van der Waals surface area (Å²) in [6, 6.07) is 7.70. The van der Waals surface area contributed by atoms with E-state index in [2.05, 4.69) is 32.9 Å². The highest BCUT2D eigenvalue weighted by atomic mass is 127. The third-order valence-electron chi connectivity index (χ3n) is 3.73. The summed E-state index contributed by atoms with van der Waals surface area (Å²) in [5.74, 6) is 0.990. The van der Waals surface area contributed by atoms with Gasteiger partial charge in [0.2, 0.25) is 0 Å². The summed E-state index contributed by atoms with van der Waals surface area (Å²) in [4.78, 5) is 19.2. The number of carbonyl (C=O) groups is 1. The average molecular weight is 396 g/mol. The molecule has 0 saturated carbocycles. The molecule has 1 aliphatic rings. The van der Waals surface area contributed by atoms with Crippen molar-refractivity contribution in [1.82, 2.24) is 19.8 Å². The topological polar surface area (TPSA) is 50.2 Å². The van der Waals surface area contributed by atoms with E-state index in [1.54, 1.807) is 6.20 Å². The van der Waals surface area contributed by atoms with E-state index in [0.717, 1.165) is 28.0 Å². The summed E-state index contributed by atoms with van der Waals surface area (Å²) >= 11 is 2.23. The first kappa shape index (κ1) is 14.5. The number of imidazole rings is 1. The number of carbonyl (C=O) groups excluding carboxylic acids is 1. The van der Waals surface area contributed by atoms with Crippen LogP contribution in [0.5, 0.6) is 0 Å². The summed E-state index contributed by atoms with van der Waals surface area (Å²) in [6.07, 6.45) is 3.69. The molecule has 0 radical (unpaired) electrons. The Morgan fingerprint density at radius 3 is 3.05 bits per heavy atom. The number of nitrogens with zero attached hydrogens (tertiary/aromatic N) is 3. The summed E-state index contributed by atoms with van der Waals surface area (Å²) in [7, 11) is 1.96. The monoisotopic (exact) mass is 396 g/mol. The van der Waals surface area contributed by atoms with Crippen LogP contribution in [0.2, 0.25) is 0 Å². The fourth-order valence-corrected chi connectivity index (χ4v) is 3.21. The van der Waals surface area contributed by atoms with Crippen molar-refractivity contribution in [2.45, 2.75) is 6.04 Å². The highest BCUT2D eigenvalue weighted by Gasteiger charge is 2.30. The largest absolute Gasteiger partial charge is 0.336 e. The molecule has 5 nitrogen and oxygen atoms in total. The molecule has 6 heteroatoms. The van der Waals surface area contributed by atoms with E-state index in [1.807, 2.05) is 47.0 Å². The minimum atomic E-state index is -0.0240. The molecule has 1 amide bonds. The predicted octanol–water partition coefficient (Wildman–Crippen LogP) is 1.81. The molecule has 1 aliphatic heterocycles. The van der Waals surface area contributed by atoms with E-state index in [1.165, 1.54) is 0 Å². The van der Waals surface area contributed by atoms with Crippen LogP contribution < -0.4 is 5.32 Å². The van der Waals surface area contributed by atoms with E-state index in [9.17, 15) is 4.79 Å². The number of halogens is 1. The molecule has 21 heavy (non-hydrogen) atoms. The number of amides is 1. The summed E-state index contributed by atoms with van der Waals surface area (Å²) in [5, 5.41) is 3.35. The fourth-order valence-electron chi connectivity index (χ4n) is 2.66. The minimum absolute atomic E-state index is 0.0240. The smallest absolute Gasteiger partial charge is 0.254 e. The second-order valence-electron chi connectivity index (χ2n) is 5.13. The van der Waals surface area contributed by atoms with Gasteiger partial charge in [-0.15, -0.1) is 0 Å².